The number of pyridine rings is 1. The summed E-state index contributed by atoms with van der Waals surface area (Å²) in [6.07, 6.45) is 4.74. The first-order valence-corrected chi connectivity index (χ1v) is 9.07. The molecule has 144 valence electrons. The van der Waals surface area contributed by atoms with E-state index < -0.39 is 0 Å². The number of para-hydroxylation sites is 1. The zero-order valence-electron chi connectivity index (χ0n) is 15.8. The number of nitrogens with one attached hydrogen (secondary N) is 2. The van der Waals surface area contributed by atoms with Crippen molar-refractivity contribution in [3.8, 4) is 5.75 Å². The molecule has 0 aliphatic carbocycles. The number of hydrogen-bond acceptors (Lipinski definition) is 6. The van der Waals surface area contributed by atoms with Crippen LogP contribution in [0.5, 0.6) is 5.75 Å². The Kier molecular flexibility index (Phi) is 5.29. The zero-order chi connectivity index (χ0) is 20.1. The Morgan fingerprint density at radius 2 is 1.72 bits per heavy atom. The van der Waals surface area contributed by atoms with Gasteiger partial charge in [0.2, 0.25) is 5.95 Å². The summed E-state index contributed by atoms with van der Waals surface area (Å²) in [6, 6.07) is 17.2. The van der Waals surface area contributed by atoms with Crippen molar-refractivity contribution >= 4 is 28.4 Å². The van der Waals surface area contributed by atoms with Crippen molar-refractivity contribution in [3.63, 3.8) is 0 Å². The number of rotatable bonds is 6. The number of anilines is 2. The van der Waals surface area contributed by atoms with Crippen LogP contribution in [0.15, 0.2) is 73.2 Å². The predicted octanol–water partition coefficient (Wildman–Crippen LogP) is 3.71. The number of carbonyl (C=O) groups is 1. The second-order valence-corrected chi connectivity index (χ2v) is 6.33. The second-order valence-electron chi connectivity index (χ2n) is 6.33. The molecule has 4 aromatic rings. The first-order chi connectivity index (χ1) is 14.2. The second kappa shape index (κ2) is 8.35. The van der Waals surface area contributed by atoms with Gasteiger partial charge >= 0.3 is 0 Å². The van der Waals surface area contributed by atoms with Gasteiger partial charge in [0, 0.05) is 30.5 Å². The fraction of sp³-hybridized carbons (Fsp3) is 0.0909. The highest BCUT2D eigenvalue weighted by Gasteiger charge is 2.08. The molecule has 7 heteroatoms. The van der Waals surface area contributed by atoms with E-state index in [1.807, 2.05) is 54.6 Å². The predicted molar refractivity (Wildman–Crippen MR) is 111 cm³/mol. The summed E-state index contributed by atoms with van der Waals surface area (Å²) in [6.45, 7) is 0.407. The van der Waals surface area contributed by atoms with Crippen molar-refractivity contribution in [2.24, 2.45) is 0 Å². The van der Waals surface area contributed by atoms with Crippen LogP contribution in [0.1, 0.15) is 15.9 Å². The summed E-state index contributed by atoms with van der Waals surface area (Å²) in [5.74, 6) is 0.937. The van der Waals surface area contributed by atoms with Crippen LogP contribution in [-0.4, -0.2) is 28.0 Å². The first kappa shape index (κ1) is 18.4. The third-order valence-corrected chi connectivity index (χ3v) is 4.41. The number of fused-ring (bicyclic) bond motifs is 1. The average Bonchev–Trinajstić information content (AvgIpc) is 2.78. The third-order valence-electron chi connectivity index (χ3n) is 4.41. The SMILES string of the molecule is COc1ccc(CNC(=O)c2cnc(Nc3cccc4cccnc34)nc2)cc1. The number of amides is 1. The molecule has 29 heavy (non-hydrogen) atoms. The van der Waals surface area contributed by atoms with Crippen molar-refractivity contribution in [2.75, 3.05) is 12.4 Å². The minimum absolute atomic E-state index is 0.237. The lowest BCUT2D eigenvalue weighted by Crippen LogP contribution is -2.23. The Hall–Kier alpha value is -4.00. The molecular weight excluding hydrogens is 366 g/mol. The molecule has 4 rings (SSSR count). The molecule has 0 bridgehead atoms. The first-order valence-electron chi connectivity index (χ1n) is 9.07. The molecule has 1 amide bonds. The molecular formula is C22H19N5O2. The molecule has 0 unspecified atom stereocenters. The van der Waals surface area contributed by atoms with E-state index in [-0.39, 0.29) is 5.91 Å². The molecule has 2 aromatic heterocycles. The lowest BCUT2D eigenvalue weighted by Gasteiger charge is -2.09. The fourth-order valence-corrected chi connectivity index (χ4v) is 2.86. The van der Waals surface area contributed by atoms with Crippen LogP contribution < -0.4 is 15.4 Å². The molecule has 0 radical (unpaired) electrons. The molecule has 2 aromatic carbocycles. The molecule has 7 nitrogen and oxygen atoms in total. The van der Waals surface area contributed by atoms with Crippen molar-refractivity contribution in [3.05, 3.63) is 84.3 Å². The molecule has 0 aliphatic heterocycles. The monoisotopic (exact) mass is 385 g/mol. The minimum Gasteiger partial charge on any atom is -0.497 e. The van der Waals surface area contributed by atoms with Gasteiger partial charge in [-0.25, -0.2) is 9.97 Å². The number of ether oxygens (including phenoxy) is 1. The number of carbonyl (C=O) groups excluding carboxylic acids is 1. The Balaban J connectivity index is 1.41. The van der Waals surface area contributed by atoms with Crippen molar-refractivity contribution in [1.29, 1.82) is 0 Å². The number of methoxy groups -OCH3 is 1. The fourth-order valence-electron chi connectivity index (χ4n) is 2.86. The van der Waals surface area contributed by atoms with Gasteiger partial charge in [0.05, 0.1) is 23.9 Å². The van der Waals surface area contributed by atoms with Crippen LogP contribution >= 0.6 is 0 Å². The Bertz CT molecular complexity index is 1120. The Labute approximate surface area is 167 Å². The maximum atomic E-state index is 12.3. The van der Waals surface area contributed by atoms with E-state index in [2.05, 4.69) is 25.6 Å². The van der Waals surface area contributed by atoms with Crippen molar-refractivity contribution in [1.82, 2.24) is 20.3 Å². The maximum absolute atomic E-state index is 12.3. The molecule has 0 spiro atoms. The third kappa shape index (κ3) is 4.30. The Morgan fingerprint density at radius 3 is 2.48 bits per heavy atom. The van der Waals surface area contributed by atoms with Crippen molar-refractivity contribution < 1.29 is 9.53 Å². The zero-order valence-corrected chi connectivity index (χ0v) is 15.8. The van der Waals surface area contributed by atoms with Gasteiger partial charge < -0.3 is 15.4 Å². The van der Waals surface area contributed by atoms with E-state index in [0.717, 1.165) is 27.9 Å². The van der Waals surface area contributed by atoms with Crippen molar-refractivity contribution in [2.45, 2.75) is 6.54 Å². The number of aromatic nitrogens is 3. The molecule has 0 atom stereocenters. The lowest BCUT2D eigenvalue weighted by molar-refractivity contribution is 0.0950. The topological polar surface area (TPSA) is 89.0 Å². The van der Waals surface area contributed by atoms with Gasteiger partial charge in [-0.2, -0.15) is 0 Å². The standard InChI is InChI=1S/C22H19N5O2/c1-29-18-9-7-15(8-10-18)12-24-21(28)17-13-25-22(26-14-17)27-19-6-2-4-16-5-3-11-23-20(16)19/h2-11,13-14H,12H2,1H3,(H,24,28)(H,25,26,27). The Morgan fingerprint density at radius 1 is 0.966 bits per heavy atom. The average molecular weight is 385 g/mol. The molecule has 0 saturated carbocycles. The smallest absolute Gasteiger partial charge is 0.254 e. The van der Waals surface area contributed by atoms with Crippen LogP contribution in [0.25, 0.3) is 10.9 Å². The number of nitrogens with zero attached hydrogens (tertiary/aromatic N) is 3. The van der Waals surface area contributed by atoms with E-state index in [1.54, 1.807) is 13.3 Å². The van der Waals surface area contributed by atoms with Crippen LogP contribution in [0.2, 0.25) is 0 Å². The summed E-state index contributed by atoms with van der Waals surface area (Å²) in [7, 11) is 1.62. The normalized spacial score (nSPS) is 10.5. The molecule has 2 heterocycles. The largest absolute Gasteiger partial charge is 0.497 e. The molecule has 0 fully saturated rings. The van der Waals surface area contributed by atoms with E-state index in [1.165, 1.54) is 12.4 Å². The van der Waals surface area contributed by atoms with Gasteiger partial charge in [0.1, 0.15) is 5.75 Å². The van der Waals surface area contributed by atoms with Gasteiger partial charge in [0.25, 0.3) is 5.91 Å². The van der Waals surface area contributed by atoms with Gasteiger partial charge in [-0.1, -0.05) is 30.3 Å². The van der Waals surface area contributed by atoms with E-state index in [4.69, 9.17) is 4.74 Å². The van der Waals surface area contributed by atoms with E-state index in [9.17, 15) is 4.79 Å². The quantitative estimate of drug-likeness (QED) is 0.526. The summed E-state index contributed by atoms with van der Waals surface area (Å²) in [5, 5.41) is 7.03. The maximum Gasteiger partial charge on any atom is 0.254 e. The molecule has 0 aliphatic rings. The lowest BCUT2D eigenvalue weighted by atomic mass is 10.2. The summed E-state index contributed by atoms with van der Waals surface area (Å²) >= 11 is 0. The summed E-state index contributed by atoms with van der Waals surface area (Å²) < 4.78 is 5.13. The number of hydrogen-bond donors (Lipinski definition) is 2. The minimum atomic E-state index is -0.237. The van der Waals surface area contributed by atoms with Crippen LogP contribution in [-0.2, 0) is 6.54 Å². The number of benzene rings is 2. The van der Waals surface area contributed by atoms with Crippen LogP contribution in [0.4, 0.5) is 11.6 Å². The molecule has 0 saturated heterocycles. The van der Waals surface area contributed by atoms with Crippen LogP contribution in [0, 0.1) is 0 Å². The highest BCUT2D eigenvalue weighted by Crippen LogP contribution is 2.22. The molecule has 2 N–H and O–H groups in total. The van der Waals surface area contributed by atoms with E-state index in [0.29, 0.717) is 18.1 Å². The van der Waals surface area contributed by atoms with Gasteiger partial charge in [-0.15, -0.1) is 0 Å². The van der Waals surface area contributed by atoms with Crippen LogP contribution in [0.3, 0.4) is 0 Å². The highest BCUT2D eigenvalue weighted by atomic mass is 16.5. The van der Waals surface area contributed by atoms with E-state index >= 15 is 0 Å². The van der Waals surface area contributed by atoms with Gasteiger partial charge in [-0.05, 0) is 29.8 Å². The van der Waals surface area contributed by atoms with Gasteiger partial charge in [-0.3, -0.25) is 9.78 Å². The summed E-state index contributed by atoms with van der Waals surface area (Å²) in [4.78, 5) is 25.2. The summed E-state index contributed by atoms with van der Waals surface area (Å²) in [5.41, 5.74) is 3.00. The highest BCUT2D eigenvalue weighted by molar-refractivity contribution is 5.94. The van der Waals surface area contributed by atoms with Gasteiger partial charge in [0.15, 0.2) is 0 Å².